The van der Waals surface area contributed by atoms with E-state index in [4.69, 9.17) is 0 Å². The standard InChI is InChI=1S/C11H14N4O/c1-8-3-5-10(6-4-8)11-12-14-15(13-11)7-9(2)16/h3-6,9,16H,7H2,1-2H3/t9-/m1/s1. The van der Waals surface area contributed by atoms with Gasteiger partial charge in [0, 0.05) is 5.56 Å². The molecule has 16 heavy (non-hydrogen) atoms. The fourth-order valence-corrected chi connectivity index (χ4v) is 1.38. The van der Waals surface area contributed by atoms with Crippen LogP contribution in [0.2, 0.25) is 0 Å². The first kappa shape index (κ1) is 10.8. The summed E-state index contributed by atoms with van der Waals surface area (Å²) in [6.07, 6.45) is -0.472. The second-order valence-electron chi connectivity index (χ2n) is 3.88. The highest BCUT2D eigenvalue weighted by Crippen LogP contribution is 2.13. The zero-order valence-corrected chi connectivity index (χ0v) is 9.33. The number of tetrazole rings is 1. The van der Waals surface area contributed by atoms with Crippen LogP contribution in [0.3, 0.4) is 0 Å². The van der Waals surface area contributed by atoms with Crippen LogP contribution in [0.4, 0.5) is 0 Å². The Labute approximate surface area is 93.7 Å². The molecule has 0 aliphatic carbocycles. The van der Waals surface area contributed by atoms with E-state index < -0.39 is 6.10 Å². The van der Waals surface area contributed by atoms with Gasteiger partial charge in [0.1, 0.15) is 0 Å². The maximum absolute atomic E-state index is 9.19. The molecule has 1 aromatic heterocycles. The first-order valence-corrected chi connectivity index (χ1v) is 5.18. The molecule has 1 heterocycles. The molecule has 5 heteroatoms. The zero-order chi connectivity index (χ0) is 11.5. The summed E-state index contributed by atoms with van der Waals surface area (Å²) in [5.74, 6) is 0.584. The van der Waals surface area contributed by atoms with Gasteiger partial charge in [-0.05, 0) is 19.1 Å². The smallest absolute Gasteiger partial charge is 0.204 e. The number of aryl methyl sites for hydroxylation is 1. The van der Waals surface area contributed by atoms with Crippen LogP contribution in [0.25, 0.3) is 11.4 Å². The molecule has 0 unspecified atom stereocenters. The molecule has 2 aromatic rings. The van der Waals surface area contributed by atoms with Crippen LogP contribution in [-0.4, -0.2) is 31.4 Å². The molecule has 5 nitrogen and oxygen atoms in total. The predicted molar refractivity (Wildman–Crippen MR) is 59.7 cm³/mol. The second-order valence-corrected chi connectivity index (χ2v) is 3.88. The summed E-state index contributed by atoms with van der Waals surface area (Å²) in [4.78, 5) is 1.40. The maximum Gasteiger partial charge on any atom is 0.204 e. The van der Waals surface area contributed by atoms with Crippen LogP contribution < -0.4 is 0 Å². The minimum atomic E-state index is -0.472. The Bertz CT molecular complexity index is 461. The van der Waals surface area contributed by atoms with Gasteiger partial charge in [0.2, 0.25) is 5.82 Å². The van der Waals surface area contributed by atoms with E-state index in [0.717, 1.165) is 5.56 Å². The van der Waals surface area contributed by atoms with Crippen LogP contribution in [-0.2, 0) is 6.54 Å². The lowest BCUT2D eigenvalue weighted by Gasteiger charge is -2.00. The highest BCUT2D eigenvalue weighted by Gasteiger charge is 2.06. The highest BCUT2D eigenvalue weighted by molar-refractivity contribution is 5.53. The minimum Gasteiger partial charge on any atom is -0.391 e. The molecule has 0 aliphatic heterocycles. The van der Waals surface area contributed by atoms with Gasteiger partial charge in [-0.2, -0.15) is 4.80 Å². The van der Waals surface area contributed by atoms with E-state index in [1.165, 1.54) is 10.4 Å². The normalized spacial score (nSPS) is 12.7. The van der Waals surface area contributed by atoms with E-state index in [-0.39, 0.29) is 0 Å². The van der Waals surface area contributed by atoms with Gasteiger partial charge in [-0.15, -0.1) is 10.2 Å². The van der Waals surface area contributed by atoms with Crippen molar-refractivity contribution in [1.29, 1.82) is 0 Å². The minimum absolute atomic E-state index is 0.360. The van der Waals surface area contributed by atoms with Crippen LogP contribution >= 0.6 is 0 Å². The van der Waals surface area contributed by atoms with Crippen LogP contribution in [0, 0.1) is 6.92 Å². The first-order chi connectivity index (χ1) is 7.65. The molecule has 0 fully saturated rings. The summed E-state index contributed by atoms with van der Waals surface area (Å²) in [5, 5.41) is 21.2. The lowest BCUT2D eigenvalue weighted by atomic mass is 10.1. The van der Waals surface area contributed by atoms with Crippen molar-refractivity contribution in [3.63, 3.8) is 0 Å². The largest absolute Gasteiger partial charge is 0.391 e. The first-order valence-electron chi connectivity index (χ1n) is 5.18. The Morgan fingerprint density at radius 3 is 2.62 bits per heavy atom. The molecule has 1 aromatic carbocycles. The quantitative estimate of drug-likeness (QED) is 0.835. The van der Waals surface area contributed by atoms with Gasteiger partial charge in [-0.25, -0.2) is 0 Å². The number of aromatic nitrogens is 4. The fraction of sp³-hybridized carbons (Fsp3) is 0.364. The van der Waals surface area contributed by atoms with Gasteiger partial charge < -0.3 is 5.11 Å². The molecule has 84 valence electrons. The predicted octanol–water partition coefficient (Wildman–Crippen LogP) is 1.03. The molecule has 0 radical (unpaired) electrons. The second kappa shape index (κ2) is 4.40. The molecule has 0 amide bonds. The summed E-state index contributed by atoms with van der Waals surface area (Å²) in [7, 11) is 0. The van der Waals surface area contributed by atoms with Crippen LogP contribution in [0.5, 0.6) is 0 Å². The molecule has 0 spiro atoms. The van der Waals surface area contributed by atoms with Crippen LogP contribution in [0.1, 0.15) is 12.5 Å². The van der Waals surface area contributed by atoms with Crippen molar-refractivity contribution >= 4 is 0 Å². The molecule has 0 saturated heterocycles. The average molecular weight is 218 g/mol. The van der Waals surface area contributed by atoms with E-state index in [9.17, 15) is 5.11 Å². The van der Waals surface area contributed by atoms with Crippen molar-refractivity contribution in [3.05, 3.63) is 29.8 Å². The van der Waals surface area contributed by atoms with Gasteiger partial charge in [-0.3, -0.25) is 0 Å². The number of hydrogen-bond acceptors (Lipinski definition) is 4. The number of hydrogen-bond donors (Lipinski definition) is 1. The Kier molecular flexibility index (Phi) is 2.96. The lowest BCUT2D eigenvalue weighted by molar-refractivity contribution is 0.161. The Morgan fingerprint density at radius 2 is 2.00 bits per heavy atom. The third-order valence-corrected chi connectivity index (χ3v) is 2.19. The zero-order valence-electron chi connectivity index (χ0n) is 9.33. The van der Waals surface area contributed by atoms with Crippen molar-refractivity contribution in [2.75, 3.05) is 0 Å². The van der Waals surface area contributed by atoms with Crippen LogP contribution in [0.15, 0.2) is 24.3 Å². The molecule has 0 saturated carbocycles. The van der Waals surface area contributed by atoms with Gasteiger partial charge in [0.15, 0.2) is 0 Å². The Balaban J connectivity index is 2.21. The molecule has 1 atom stereocenters. The summed E-state index contributed by atoms with van der Waals surface area (Å²) >= 11 is 0. The average Bonchev–Trinajstić information content (AvgIpc) is 2.66. The molecule has 0 bridgehead atoms. The summed E-state index contributed by atoms with van der Waals surface area (Å²) < 4.78 is 0. The lowest BCUT2D eigenvalue weighted by Crippen LogP contribution is -2.14. The number of benzene rings is 1. The molecule has 2 rings (SSSR count). The van der Waals surface area contributed by atoms with E-state index in [0.29, 0.717) is 12.4 Å². The number of aliphatic hydroxyl groups is 1. The molecular weight excluding hydrogens is 204 g/mol. The van der Waals surface area contributed by atoms with Crippen molar-refractivity contribution in [2.24, 2.45) is 0 Å². The van der Waals surface area contributed by atoms with E-state index in [2.05, 4.69) is 15.4 Å². The monoisotopic (exact) mass is 218 g/mol. The highest BCUT2D eigenvalue weighted by atomic mass is 16.3. The van der Waals surface area contributed by atoms with E-state index in [1.807, 2.05) is 31.2 Å². The summed E-state index contributed by atoms with van der Waals surface area (Å²) in [6.45, 7) is 4.08. The van der Waals surface area contributed by atoms with Crippen molar-refractivity contribution in [2.45, 2.75) is 26.5 Å². The van der Waals surface area contributed by atoms with Gasteiger partial charge in [-0.1, -0.05) is 29.8 Å². The molecule has 0 aliphatic rings. The van der Waals surface area contributed by atoms with Crippen molar-refractivity contribution < 1.29 is 5.11 Å². The molecule has 1 N–H and O–H groups in total. The Morgan fingerprint density at radius 1 is 1.31 bits per heavy atom. The van der Waals surface area contributed by atoms with Gasteiger partial charge >= 0.3 is 0 Å². The SMILES string of the molecule is Cc1ccc(-c2nnn(C[C@@H](C)O)n2)cc1. The topological polar surface area (TPSA) is 63.8 Å². The summed E-state index contributed by atoms with van der Waals surface area (Å²) in [5.41, 5.74) is 2.13. The van der Waals surface area contributed by atoms with Crippen molar-refractivity contribution in [3.8, 4) is 11.4 Å². The number of aliphatic hydroxyl groups excluding tert-OH is 1. The maximum atomic E-state index is 9.19. The van der Waals surface area contributed by atoms with E-state index in [1.54, 1.807) is 6.92 Å². The fourth-order valence-electron chi connectivity index (χ4n) is 1.38. The third-order valence-electron chi connectivity index (χ3n) is 2.19. The molecular formula is C11H14N4O. The number of rotatable bonds is 3. The van der Waals surface area contributed by atoms with Crippen molar-refractivity contribution in [1.82, 2.24) is 20.2 Å². The van der Waals surface area contributed by atoms with Gasteiger partial charge in [0.25, 0.3) is 0 Å². The summed E-state index contributed by atoms with van der Waals surface area (Å²) in [6, 6.07) is 7.92. The Hall–Kier alpha value is -1.75. The van der Waals surface area contributed by atoms with Gasteiger partial charge in [0.05, 0.1) is 12.6 Å². The number of nitrogens with zero attached hydrogens (tertiary/aromatic N) is 4. The third kappa shape index (κ3) is 2.43. The van der Waals surface area contributed by atoms with E-state index >= 15 is 0 Å².